The van der Waals surface area contributed by atoms with E-state index in [1.54, 1.807) is 20.9 Å². The van der Waals surface area contributed by atoms with E-state index in [9.17, 15) is 38.4 Å². The smallest absolute Gasteiger partial charge is 0.243 e. The number of rotatable bonds is 42. The van der Waals surface area contributed by atoms with E-state index in [4.69, 9.17) is 72.6 Å². The first-order chi connectivity index (χ1) is 37.2. The normalized spacial score (nSPS) is 13.4. The van der Waals surface area contributed by atoms with Gasteiger partial charge >= 0.3 is 0 Å². The van der Waals surface area contributed by atoms with E-state index in [1.807, 2.05) is 0 Å². The molecule has 7 unspecified atom stereocenters. The van der Waals surface area contributed by atoms with Crippen LogP contribution >= 0.6 is 0 Å². The molecule has 0 heterocycles. The zero-order valence-corrected chi connectivity index (χ0v) is 45.6. The lowest BCUT2D eigenvalue weighted by atomic mass is 10.0. The van der Waals surface area contributed by atoms with Crippen LogP contribution in [0.15, 0.2) is 0 Å². The van der Waals surface area contributed by atoms with Gasteiger partial charge in [-0.3, -0.25) is 70.8 Å². The molecule has 0 aromatic heterocycles. The number of hydrogen-bond acceptors (Lipinski definition) is 15. The number of ketones is 1. The molecule has 0 aromatic rings. The SMILES string of the molecule is CNC(CCCNC(=N)N)C(=O)NC(CCCNC(=N)N)C(=O)NC(CCCNC(=N)N)C(=O)NC(CCCNC(=N)N)C(=O)NC(CCCNC(=N)N)C(=O)NC(CCCNC(=N)N)C(=O)NC(CCC(=O)C(C)C)C(N)=O. The minimum Gasteiger partial charge on any atom is -0.370 e. The fraction of sp³-hybridized carbons (Fsp3) is 0.689. The van der Waals surface area contributed by atoms with Crippen LogP contribution in [-0.2, 0) is 38.4 Å². The van der Waals surface area contributed by atoms with Gasteiger partial charge in [0.1, 0.15) is 42.0 Å². The standard InChI is InChI=1S/C45H90N26O8/c1-24(2)32(72)17-16-25(33(46)73)66-35(75)27(11-5-19-61-41(49)50)68-37(77)29(13-7-21-63-43(53)54)70-39(79)31(15-9-23-65-45(57)58)71-38(78)30(14-8-22-64-44(55)56)69-36(76)28(12-6-20-62-42(51)52)67-34(74)26(59-3)10-4-18-60-40(47)48/h24-31,59H,4-23H2,1-3H3,(H2,46,73)(H,66,75)(H,67,74)(H,68,77)(H,69,76)(H,70,79)(H,71,78)(H4,47,48,60)(H4,49,50,61)(H4,51,52,62)(H4,53,54,63)(H4,55,56,64)(H4,57,58,65). The summed E-state index contributed by atoms with van der Waals surface area (Å²) in [5, 5.41) is 79.6. The van der Waals surface area contributed by atoms with Crippen molar-refractivity contribution in [3.8, 4) is 0 Å². The van der Waals surface area contributed by atoms with E-state index < -0.39 is 83.6 Å². The van der Waals surface area contributed by atoms with Crippen molar-refractivity contribution in [3.63, 3.8) is 0 Å². The van der Waals surface area contributed by atoms with Crippen molar-refractivity contribution in [2.45, 2.75) is 146 Å². The van der Waals surface area contributed by atoms with Gasteiger partial charge in [0, 0.05) is 51.6 Å². The maximum absolute atomic E-state index is 14.5. The highest BCUT2D eigenvalue weighted by molar-refractivity contribution is 5.97. The zero-order chi connectivity index (χ0) is 60.0. The Morgan fingerprint density at radius 2 is 0.532 bits per heavy atom. The molecule has 34 heteroatoms. The average molecular weight is 1120 g/mol. The molecule has 0 aromatic carbocycles. The highest BCUT2D eigenvalue weighted by Gasteiger charge is 2.34. The second kappa shape index (κ2) is 39.9. The van der Waals surface area contributed by atoms with E-state index in [0.29, 0.717) is 13.0 Å². The number of carbonyl (C=O) groups excluding carboxylic acids is 8. The first-order valence-electron chi connectivity index (χ1n) is 26.0. The third-order valence-corrected chi connectivity index (χ3v) is 11.7. The summed E-state index contributed by atoms with van der Waals surface area (Å²) in [5.41, 5.74) is 38.3. The van der Waals surface area contributed by atoms with Crippen LogP contribution in [0.5, 0.6) is 0 Å². The summed E-state index contributed by atoms with van der Waals surface area (Å²) in [4.78, 5) is 110. The zero-order valence-electron chi connectivity index (χ0n) is 45.6. The van der Waals surface area contributed by atoms with Gasteiger partial charge in [0.15, 0.2) is 35.8 Å². The molecule has 0 fully saturated rings. The number of primary amides is 1. The molecule has 0 rings (SSSR count). The van der Waals surface area contributed by atoms with Gasteiger partial charge in [0.05, 0.1) is 6.04 Å². The Bertz CT molecular complexity index is 2060. The van der Waals surface area contributed by atoms with Gasteiger partial charge in [-0.15, -0.1) is 0 Å². The van der Waals surface area contributed by atoms with Crippen LogP contribution in [0.4, 0.5) is 0 Å². The molecule has 79 heavy (non-hydrogen) atoms. The number of Topliss-reactive ketones (excluding diaryl/α,β-unsaturated/α-hetero) is 1. The van der Waals surface area contributed by atoms with Gasteiger partial charge in [-0.05, 0) is 90.5 Å². The molecule has 34 nitrogen and oxygen atoms in total. The van der Waals surface area contributed by atoms with E-state index in [0.717, 1.165) is 0 Å². The summed E-state index contributed by atoms with van der Waals surface area (Å²) >= 11 is 0. The maximum atomic E-state index is 14.5. The molecule has 0 saturated heterocycles. The van der Waals surface area contributed by atoms with Gasteiger partial charge in [-0.25, -0.2) is 0 Å². The van der Waals surface area contributed by atoms with Crippen molar-refractivity contribution in [2.75, 3.05) is 46.3 Å². The fourth-order valence-electron chi connectivity index (χ4n) is 7.42. The summed E-state index contributed by atoms with van der Waals surface area (Å²) < 4.78 is 0. The summed E-state index contributed by atoms with van der Waals surface area (Å²) in [6.07, 6.45) is 0.752. The molecule has 0 radical (unpaired) electrons. The van der Waals surface area contributed by atoms with Gasteiger partial charge in [-0.2, -0.15) is 0 Å². The van der Waals surface area contributed by atoms with E-state index in [-0.39, 0.29) is 164 Å². The van der Waals surface area contributed by atoms with Crippen LogP contribution in [0.25, 0.3) is 0 Å². The highest BCUT2D eigenvalue weighted by Crippen LogP contribution is 2.10. The van der Waals surface area contributed by atoms with Crippen molar-refractivity contribution in [1.82, 2.24) is 69.1 Å². The summed E-state index contributed by atoms with van der Waals surface area (Å²) in [5.74, 6) is -8.43. The van der Waals surface area contributed by atoms with Crippen molar-refractivity contribution in [2.24, 2.45) is 46.1 Å². The molecule has 0 spiro atoms. The Morgan fingerprint density at radius 3 is 0.722 bits per heavy atom. The lowest BCUT2D eigenvalue weighted by Gasteiger charge is -2.28. The van der Waals surface area contributed by atoms with Crippen molar-refractivity contribution >= 4 is 82.9 Å². The Balaban J connectivity index is 7.16. The summed E-state index contributed by atoms with van der Waals surface area (Å²) in [7, 11) is 1.55. The molecule has 7 atom stereocenters. The second-order valence-corrected chi connectivity index (χ2v) is 18.7. The number of likely N-dealkylation sites (N-methyl/N-ethyl adjacent to an activating group) is 1. The quantitative estimate of drug-likeness (QED) is 0.0153. The van der Waals surface area contributed by atoms with Crippen LogP contribution in [-0.4, -0.2) is 171 Å². The fourth-order valence-corrected chi connectivity index (χ4v) is 7.42. The molecule has 0 aliphatic rings. The Morgan fingerprint density at radius 1 is 0.329 bits per heavy atom. The molecule has 0 bridgehead atoms. The number of amides is 7. The van der Waals surface area contributed by atoms with Crippen LogP contribution < -0.4 is 109 Å². The Hall–Kier alpha value is -8.46. The maximum Gasteiger partial charge on any atom is 0.243 e. The number of hydrogen-bond donors (Lipinski definition) is 26. The molecule has 0 aliphatic heterocycles. The third kappa shape index (κ3) is 34.0. The van der Waals surface area contributed by atoms with Crippen LogP contribution in [0.1, 0.15) is 104 Å². The third-order valence-electron chi connectivity index (χ3n) is 11.7. The van der Waals surface area contributed by atoms with Gasteiger partial charge in [-0.1, -0.05) is 13.8 Å². The lowest BCUT2D eigenvalue weighted by molar-refractivity contribution is -0.135. The van der Waals surface area contributed by atoms with Gasteiger partial charge in [0.25, 0.3) is 0 Å². The minimum absolute atomic E-state index is 0.00281. The van der Waals surface area contributed by atoms with Crippen molar-refractivity contribution in [3.05, 3.63) is 0 Å². The number of nitrogens with two attached hydrogens (primary N) is 7. The minimum atomic E-state index is -1.45. The van der Waals surface area contributed by atoms with Crippen molar-refractivity contribution in [1.29, 1.82) is 32.5 Å². The first kappa shape index (κ1) is 70.5. The van der Waals surface area contributed by atoms with Gasteiger partial charge in [0.2, 0.25) is 41.4 Å². The van der Waals surface area contributed by atoms with E-state index >= 15 is 0 Å². The first-order valence-corrected chi connectivity index (χ1v) is 26.0. The highest BCUT2D eigenvalue weighted by atomic mass is 16.2. The van der Waals surface area contributed by atoms with E-state index in [2.05, 4.69) is 69.1 Å². The predicted molar refractivity (Wildman–Crippen MR) is 298 cm³/mol. The molecular weight excluding hydrogens is 1030 g/mol. The molecule has 7 amide bonds. The number of guanidine groups is 6. The molecule has 0 saturated carbocycles. The predicted octanol–water partition coefficient (Wildman–Crippen LogP) is -7.45. The van der Waals surface area contributed by atoms with Crippen LogP contribution in [0, 0.1) is 38.4 Å². The molecular formula is C45H90N26O8. The number of carbonyl (C=O) groups is 8. The summed E-state index contributed by atoms with van der Waals surface area (Å²) in [6, 6.07) is -9.04. The molecule has 33 N–H and O–H groups in total. The molecule has 448 valence electrons. The van der Waals surface area contributed by atoms with Crippen LogP contribution in [0.3, 0.4) is 0 Å². The van der Waals surface area contributed by atoms with Crippen LogP contribution in [0.2, 0.25) is 0 Å². The Kier molecular flexibility index (Phi) is 35.6. The lowest BCUT2D eigenvalue weighted by Crippen LogP contribution is -2.60. The largest absolute Gasteiger partial charge is 0.370 e. The topological polar surface area (TPSA) is 618 Å². The second-order valence-electron chi connectivity index (χ2n) is 18.7. The number of nitrogens with one attached hydrogen (secondary N) is 19. The molecule has 0 aliphatic carbocycles. The van der Waals surface area contributed by atoms with E-state index in [1.165, 1.54) is 0 Å². The Labute approximate surface area is 460 Å². The monoisotopic (exact) mass is 1120 g/mol. The summed E-state index contributed by atoms with van der Waals surface area (Å²) in [6.45, 7) is 4.08. The van der Waals surface area contributed by atoms with Crippen molar-refractivity contribution < 1.29 is 38.4 Å². The van der Waals surface area contributed by atoms with Gasteiger partial charge < -0.3 is 109 Å². The average Bonchev–Trinajstić information content (AvgIpc) is 3.36.